The molecular formula is C16H20Cl2N2O5. The van der Waals surface area contributed by atoms with E-state index in [2.05, 4.69) is 0 Å². The molecule has 1 amide bonds. The lowest BCUT2D eigenvalue weighted by Gasteiger charge is -2.33. The Balaban J connectivity index is 1.96. The molecule has 0 bridgehead atoms. The zero-order valence-corrected chi connectivity index (χ0v) is 15.8. The summed E-state index contributed by atoms with van der Waals surface area (Å²) in [5.41, 5.74) is -0.730. The summed E-state index contributed by atoms with van der Waals surface area (Å²) in [4.78, 5) is 23.9. The Morgan fingerprint density at radius 3 is 2.20 bits per heavy atom. The zero-order chi connectivity index (χ0) is 18.8. The number of carbonyl (C=O) groups is 1. The van der Waals surface area contributed by atoms with Gasteiger partial charge in [0.2, 0.25) is 0 Å². The number of non-ortho nitro benzene ring substituents is 1. The fraction of sp³-hybridized carbons (Fsp3) is 0.562. The lowest BCUT2D eigenvalue weighted by atomic mass is 10.1. The molecule has 0 atom stereocenters. The van der Waals surface area contributed by atoms with Crippen LogP contribution in [0.2, 0.25) is 10.0 Å². The molecule has 138 valence electrons. The van der Waals surface area contributed by atoms with Crippen LogP contribution in [-0.2, 0) is 4.74 Å². The van der Waals surface area contributed by atoms with Crippen LogP contribution in [0.1, 0.15) is 33.6 Å². The molecule has 1 aliphatic rings. The number of halogens is 2. The van der Waals surface area contributed by atoms with E-state index >= 15 is 0 Å². The average molecular weight is 391 g/mol. The molecule has 2 rings (SSSR count). The Bertz CT molecular complexity index is 644. The minimum absolute atomic E-state index is 0.0915. The van der Waals surface area contributed by atoms with Crippen molar-refractivity contribution in [3.63, 3.8) is 0 Å². The normalized spacial score (nSPS) is 15.8. The van der Waals surface area contributed by atoms with Crippen LogP contribution in [0.5, 0.6) is 5.75 Å². The van der Waals surface area contributed by atoms with E-state index in [4.69, 9.17) is 32.7 Å². The summed E-state index contributed by atoms with van der Waals surface area (Å²) in [6.45, 7) is 6.43. The summed E-state index contributed by atoms with van der Waals surface area (Å²) in [6.07, 6.45) is 0.638. The molecule has 0 spiro atoms. The maximum atomic E-state index is 12.0. The highest BCUT2D eigenvalue weighted by Gasteiger charge is 2.28. The number of hydrogen-bond donors (Lipinski definition) is 0. The number of ether oxygens (including phenoxy) is 2. The van der Waals surface area contributed by atoms with Gasteiger partial charge in [-0.15, -0.1) is 0 Å². The highest BCUT2D eigenvalue weighted by Crippen LogP contribution is 2.38. The van der Waals surface area contributed by atoms with Gasteiger partial charge in [0.1, 0.15) is 11.7 Å². The van der Waals surface area contributed by atoms with Crippen molar-refractivity contribution < 1.29 is 19.2 Å². The molecule has 1 heterocycles. The van der Waals surface area contributed by atoms with E-state index in [1.165, 1.54) is 12.1 Å². The van der Waals surface area contributed by atoms with Gasteiger partial charge in [0.15, 0.2) is 5.75 Å². The number of nitro benzene ring substituents is 1. The molecule has 1 saturated heterocycles. The fourth-order valence-corrected chi connectivity index (χ4v) is 2.98. The Hall–Kier alpha value is -1.73. The van der Waals surface area contributed by atoms with Crippen LogP contribution in [-0.4, -0.2) is 40.7 Å². The number of nitro groups is 1. The van der Waals surface area contributed by atoms with E-state index in [0.717, 1.165) is 0 Å². The molecule has 0 unspecified atom stereocenters. The van der Waals surface area contributed by atoms with E-state index in [1.54, 1.807) is 4.90 Å². The second-order valence-electron chi connectivity index (χ2n) is 6.78. The van der Waals surface area contributed by atoms with E-state index in [1.807, 2.05) is 20.8 Å². The summed E-state index contributed by atoms with van der Waals surface area (Å²) in [7, 11) is 0. The number of carbonyl (C=O) groups excluding carboxylic acids is 1. The lowest BCUT2D eigenvalue weighted by molar-refractivity contribution is -0.384. The second kappa shape index (κ2) is 7.66. The van der Waals surface area contributed by atoms with Crippen LogP contribution in [0.3, 0.4) is 0 Å². The van der Waals surface area contributed by atoms with Gasteiger partial charge in [-0.25, -0.2) is 4.79 Å². The summed E-state index contributed by atoms with van der Waals surface area (Å²) < 4.78 is 11.2. The van der Waals surface area contributed by atoms with E-state index in [-0.39, 0.29) is 33.7 Å². The van der Waals surface area contributed by atoms with E-state index < -0.39 is 10.5 Å². The van der Waals surface area contributed by atoms with Gasteiger partial charge >= 0.3 is 6.09 Å². The van der Waals surface area contributed by atoms with Crippen molar-refractivity contribution >= 4 is 35.0 Å². The van der Waals surface area contributed by atoms with Crippen LogP contribution in [0.25, 0.3) is 0 Å². The first-order chi connectivity index (χ1) is 11.6. The Kier molecular flexibility index (Phi) is 6.00. The van der Waals surface area contributed by atoms with Gasteiger partial charge in [0.25, 0.3) is 5.69 Å². The van der Waals surface area contributed by atoms with Crippen molar-refractivity contribution in [1.82, 2.24) is 4.90 Å². The molecule has 1 aromatic rings. The molecule has 7 nitrogen and oxygen atoms in total. The number of benzene rings is 1. The average Bonchev–Trinajstić information content (AvgIpc) is 2.49. The predicted molar refractivity (Wildman–Crippen MR) is 94.6 cm³/mol. The first-order valence-corrected chi connectivity index (χ1v) is 8.60. The number of hydrogen-bond acceptors (Lipinski definition) is 5. The molecular weight excluding hydrogens is 371 g/mol. The summed E-state index contributed by atoms with van der Waals surface area (Å²) in [5, 5.41) is 11.0. The molecule has 25 heavy (non-hydrogen) atoms. The van der Waals surface area contributed by atoms with Gasteiger partial charge in [0, 0.05) is 38.1 Å². The van der Waals surface area contributed by atoms with Gasteiger partial charge in [-0.1, -0.05) is 23.2 Å². The van der Waals surface area contributed by atoms with Crippen molar-refractivity contribution in [3.05, 3.63) is 32.3 Å². The first-order valence-electron chi connectivity index (χ1n) is 7.85. The van der Waals surface area contributed by atoms with Gasteiger partial charge in [-0.3, -0.25) is 10.1 Å². The fourth-order valence-electron chi connectivity index (χ4n) is 2.41. The summed E-state index contributed by atoms with van der Waals surface area (Å²) in [5.74, 6) is 0.227. The molecule has 9 heteroatoms. The minimum Gasteiger partial charge on any atom is -0.487 e. The number of nitrogens with zero attached hydrogens (tertiary/aromatic N) is 2. The minimum atomic E-state index is -0.569. The number of piperidine rings is 1. The third-order valence-corrected chi connectivity index (χ3v) is 4.13. The third kappa shape index (κ3) is 5.37. The van der Waals surface area contributed by atoms with Crippen molar-refractivity contribution in [1.29, 1.82) is 0 Å². The van der Waals surface area contributed by atoms with E-state index in [9.17, 15) is 14.9 Å². The largest absolute Gasteiger partial charge is 0.487 e. The van der Waals surface area contributed by atoms with Crippen molar-refractivity contribution in [2.75, 3.05) is 13.1 Å². The predicted octanol–water partition coefficient (Wildman–Crippen LogP) is 4.68. The van der Waals surface area contributed by atoms with Crippen LogP contribution in [0, 0.1) is 10.1 Å². The molecule has 0 aliphatic carbocycles. The smallest absolute Gasteiger partial charge is 0.410 e. The Morgan fingerprint density at radius 2 is 1.76 bits per heavy atom. The van der Waals surface area contributed by atoms with Gasteiger partial charge in [0.05, 0.1) is 15.0 Å². The van der Waals surface area contributed by atoms with E-state index in [0.29, 0.717) is 25.9 Å². The van der Waals surface area contributed by atoms with Crippen LogP contribution < -0.4 is 4.74 Å². The van der Waals surface area contributed by atoms with Gasteiger partial charge < -0.3 is 14.4 Å². The molecule has 0 saturated carbocycles. The second-order valence-corrected chi connectivity index (χ2v) is 7.59. The Morgan fingerprint density at radius 1 is 1.24 bits per heavy atom. The van der Waals surface area contributed by atoms with Crippen LogP contribution in [0.4, 0.5) is 10.5 Å². The van der Waals surface area contributed by atoms with Crippen molar-refractivity contribution in [3.8, 4) is 5.75 Å². The molecule has 1 aromatic carbocycles. The third-order valence-electron chi connectivity index (χ3n) is 3.57. The topological polar surface area (TPSA) is 81.9 Å². The lowest BCUT2D eigenvalue weighted by Crippen LogP contribution is -2.44. The maximum absolute atomic E-state index is 12.0. The van der Waals surface area contributed by atoms with Crippen LogP contribution in [0.15, 0.2) is 12.1 Å². The molecule has 1 fully saturated rings. The number of likely N-dealkylation sites (tertiary alicyclic amines) is 1. The Labute approximate surface area is 155 Å². The zero-order valence-electron chi connectivity index (χ0n) is 14.3. The first kappa shape index (κ1) is 19.6. The standard InChI is InChI=1S/C16H20Cl2N2O5/c1-16(2,3)25-15(21)19-6-4-11(5-7-19)24-14-12(17)8-10(20(22)23)9-13(14)18/h8-9,11H,4-7H2,1-3H3. The van der Waals surface area contributed by atoms with Crippen LogP contribution >= 0.6 is 23.2 Å². The summed E-state index contributed by atoms with van der Waals surface area (Å²) in [6, 6.07) is 2.41. The van der Waals surface area contributed by atoms with Gasteiger partial charge in [-0.05, 0) is 20.8 Å². The van der Waals surface area contributed by atoms with Crippen molar-refractivity contribution in [2.24, 2.45) is 0 Å². The van der Waals surface area contributed by atoms with Gasteiger partial charge in [-0.2, -0.15) is 0 Å². The number of amides is 1. The molecule has 0 aromatic heterocycles. The molecule has 1 aliphatic heterocycles. The highest BCUT2D eigenvalue weighted by molar-refractivity contribution is 6.37. The maximum Gasteiger partial charge on any atom is 0.410 e. The molecule has 0 radical (unpaired) electrons. The number of rotatable bonds is 3. The summed E-state index contributed by atoms with van der Waals surface area (Å²) >= 11 is 12.1. The van der Waals surface area contributed by atoms with Crippen molar-refractivity contribution in [2.45, 2.75) is 45.3 Å². The monoisotopic (exact) mass is 390 g/mol. The quantitative estimate of drug-likeness (QED) is 0.552. The molecule has 0 N–H and O–H groups in total. The highest BCUT2D eigenvalue weighted by atomic mass is 35.5. The SMILES string of the molecule is CC(C)(C)OC(=O)N1CCC(Oc2c(Cl)cc([N+](=O)[O-])cc2Cl)CC1.